The van der Waals surface area contributed by atoms with Crippen LogP contribution < -0.4 is 0 Å². The van der Waals surface area contributed by atoms with Gasteiger partial charge in [0, 0.05) is 41.8 Å². The Morgan fingerprint density at radius 3 is 2.50 bits per heavy atom. The lowest BCUT2D eigenvalue weighted by Gasteiger charge is -2.32. The average Bonchev–Trinajstić information content (AvgIpc) is 3.03. The molecule has 0 aliphatic carbocycles. The SMILES string of the molecule is F[B-]1(F)n2c(Br)ccc2C(c2cc(Br)cc(I)c2)=C2C=CC(Br)=[N+]21. The zero-order chi connectivity index (χ0) is 17.2. The summed E-state index contributed by atoms with van der Waals surface area (Å²) < 4.78 is 35.1. The van der Waals surface area contributed by atoms with Gasteiger partial charge in [-0.05, 0) is 74.4 Å². The summed E-state index contributed by atoms with van der Waals surface area (Å²) in [5.74, 6) is 0. The molecule has 9 heteroatoms. The van der Waals surface area contributed by atoms with Crippen molar-refractivity contribution < 1.29 is 13.1 Å². The number of nitrogens with zero attached hydrogens (tertiary/aromatic N) is 2. The van der Waals surface area contributed by atoms with Crippen molar-refractivity contribution in [3.05, 3.63) is 72.1 Å². The third-order valence-electron chi connectivity index (χ3n) is 4.02. The molecule has 0 saturated carbocycles. The average molecular weight is 631 g/mol. The molecule has 2 aromatic rings. The Balaban J connectivity index is 2.12. The highest BCUT2D eigenvalue weighted by Gasteiger charge is 2.54. The van der Waals surface area contributed by atoms with Gasteiger partial charge >= 0.3 is 6.97 Å². The molecule has 0 atom stereocenters. The quantitative estimate of drug-likeness (QED) is 0.271. The number of fused-ring (bicyclic) bond motifs is 2. The van der Waals surface area contributed by atoms with Crippen LogP contribution in [0.3, 0.4) is 0 Å². The highest BCUT2D eigenvalue weighted by atomic mass is 127. The standard InChI is InChI=1S/C15H7BBr3F2IN2/c17-9-5-8(6-10(22)7-9)15-11-1-3-13(18)23(11)16(20,21)24-12(15)2-4-14(24)19/h1-7H. The van der Waals surface area contributed by atoms with Gasteiger partial charge in [-0.25, -0.2) is 0 Å². The monoisotopic (exact) mass is 628 g/mol. The molecule has 0 fully saturated rings. The fraction of sp³-hybridized carbons (Fsp3) is 0. The van der Waals surface area contributed by atoms with Gasteiger partial charge in [-0.15, -0.1) is 0 Å². The number of allylic oxidation sites excluding steroid dienone is 2. The van der Waals surface area contributed by atoms with E-state index in [1.807, 2.05) is 18.2 Å². The van der Waals surface area contributed by atoms with Crippen molar-refractivity contribution in [2.75, 3.05) is 0 Å². The van der Waals surface area contributed by atoms with Crippen LogP contribution in [0.1, 0.15) is 11.3 Å². The van der Waals surface area contributed by atoms with Gasteiger partial charge in [0.2, 0.25) is 4.62 Å². The Kier molecular flexibility index (Phi) is 4.21. The van der Waals surface area contributed by atoms with E-state index in [1.165, 1.54) is 0 Å². The Morgan fingerprint density at radius 1 is 1.04 bits per heavy atom. The van der Waals surface area contributed by atoms with Crippen LogP contribution in [-0.4, -0.2) is 20.6 Å². The van der Waals surface area contributed by atoms with Crippen molar-refractivity contribution in [2.24, 2.45) is 0 Å². The van der Waals surface area contributed by atoms with Gasteiger partial charge < -0.3 is 17.6 Å². The molecule has 2 nitrogen and oxygen atoms in total. The topological polar surface area (TPSA) is 7.94 Å². The van der Waals surface area contributed by atoms with Crippen LogP contribution in [0.4, 0.5) is 8.63 Å². The molecule has 1 aromatic carbocycles. The fourth-order valence-electron chi connectivity index (χ4n) is 3.13. The summed E-state index contributed by atoms with van der Waals surface area (Å²) in [7, 11) is 0. The second-order valence-corrected chi connectivity index (χ2v) is 9.23. The Hall–Kier alpha value is -0.255. The second kappa shape index (κ2) is 5.89. The Labute approximate surface area is 175 Å². The molecule has 0 N–H and O–H groups in total. The van der Waals surface area contributed by atoms with Crippen LogP contribution >= 0.6 is 70.4 Å². The molecule has 1 aromatic heterocycles. The number of halogens is 6. The number of hydrogen-bond acceptors (Lipinski definition) is 0. The molecule has 2 aliphatic heterocycles. The molecule has 4 rings (SSSR count). The van der Waals surface area contributed by atoms with Crippen molar-refractivity contribution >= 4 is 87.5 Å². The first kappa shape index (κ1) is 17.2. The molecule has 0 unspecified atom stereocenters. The molecular weight excluding hydrogens is 624 g/mol. The maximum atomic E-state index is 15.1. The molecule has 0 spiro atoms. The van der Waals surface area contributed by atoms with Crippen LogP contribution in [0.5, 0.6) is 0 Å². The van der Waals surface area contributed by atoms with E-state index in [-0.39, 0.29) is 0 Å². The summed E-state index contributed by atoms with van der Waals surface area (Å²) >= 11 is 12.3. The number of benzene rings is 1. The van der Waals surface area contributed by atoms with Gasteiger partial charge in [-0.1, -0.05) is 15.9 Å². The van der Waals surface area contributed by atoms with E-state index in [0.717, 1.165) is 28.1 Å². The number of aromatic nitrogens is 1. The fourth-order valence-corrected chi connectivity index (χ4v) is 5.86. The van der Waals surface area contributed by atoms with E-state index >= 15 is 8.63 Å². The van der Waals surface area contributed by atoms with Gasteiger partial charge in [-0.3, -0.25) is 0 Å². The molecular formula is C15H7BBr3F2IN2. The molecule has 24 heavy (non-hydrogen) atoms. The highest BCUT2D eigenvalue weighted by Crippen LogP contribution is 2.42. The molecule has 3 heterocycles. The Bertz CT molecular complexity index is 974. The van der Waals surface area contributed by atoms with Crippen molar-refractivity contribution in [1.82, 2.24) is 4.48 Å². The normalized spacial score (nSPS) is 18.2. The molecule has 0 bridgehead atoms. The minimum atomic E-state index is -3.98. The van der Waals surface area contributed by atoms with Crippen molar-refractivity contribution in [2.45, 2.75) is 0 Å². The second-order valence-electron chi connectivity index (χ2n) is 5.44. The van der Waals surface area contributed by atoms with E-state index in [2.05, 4.69) is 70.4 Å². The van der Waals surface area contributed by atoms with Crippen LogP contribution in [0.2, 0.25) is 0 Å². The predicted octanol–water partition coefficient (Wildman–Crippen LogP) is 5.99. The van der Waals surface area contributed by atoms with Crippen LogP contribution in [-0.2, 0) is 0 Å². The molecule has 0 saturated heterocycles. The van der Waals surface area contributed by atoms with Gasteiger partial charge in [-0.2, -0.15) is 0 Å². The van der Waals surface area contributed by atoms with Crippen LogP contribution in [0, 0.1) is 3.57 Å². The van der Waals surface area contributed by atoms with E-state index in [9.17, 15) is 0 Å². The zero-order valence-electron chi connectivity index (χ0n) is 11.8. The summed E-state index contributed by atoms with van der Waals surface area (Å²) in [5.41, 5.74) is 2.66. The summed E-state index contributed by atoms with van der Waals surface area (Å²) in [5, 5.41) is 0. The lowest BCUT2D eigenvalue weighted by atomic mass is 9.86. The van der Waals surface area contributed by atoms with E-state index < -0.39 is 6.97 Å². The summed E-state index contributed by atoms with van der Waals surface area (Å²) in [4.78, 5) is 0. The molecule has 0 radical (unpaired) electrons. The third kappa shape index (κ3) is 2.45. The third-order valence-corrected chi connectivity index (χ3v) is 6.40. The number of rotatable bonds is 1. The minimum absolute atomic E-state index is 0.357. The lowest BCUT2D eigenvalue weighted by Crippen LogP contribution is -2.50. The summed E-state index contributed by atoms with van der Waals surface area (Å²) in [6, 6.07) is 9.31. The zero-order valence-corrected chi connectivity index (χ0v) is 18.7. The van der Waals surface area contributed by atoms with E-state index in [1.54, 1.807) is 24.3 Å². The minimum Gasteiger partial charge on any atom is -0.389 e. The highest BCUT2D eigenvalue weighted by molar-refractivity contribution is 14.1. The number of hydrogen-bond donors (Lipinski definition) is 0. The van der Waals surface area contributed by atoms with Gasteiger partial charge in [0.15, 0.2) is 5.70 Å². The van der Waals surface area contributed by atoms with Crippen molar-refractivity contribution in [1.29, 1.82) is 0 Å². The van der Waals surface area contributed by atoms with Crippen molar-refractivity contribution in [3.63, 3.8) is 0 Å². The predicted molar refractivity (Wildman–Crippen MR) is 112 cm³/mol. The lowest BCUT2D eigenvalue weighted by molar-refractivity contribution is -0.358. The van der Waals surface area contributed by atoms with Crippen LogP contribution in [0.15, 0.2) is 57.3 Å². The molecule has 0 amide bonds. The smallest absolute Gasteiger partial charge is 0.389 e. The van der Waals surface area contributed by atoms with Gasteiger partial charge in [0.05, 0.1) is 10.2 Å². The first-order valence-electron chi connectivity index (χ1n) is 6.91. The van der Waals surface area contributed by atoms with E-state index in [4.69, 9.17) is 0 Å². The summed E-state index contributed by atoms with van der Waals surface area (Å²) in [6.45, 7) is -3.98. The maximum absolute atomic E-state index is 15.1. The Morgan fingerprint density at radius 2 is 1.79 bits per heavy atom. The first-order chi connectivity index (χ1) is 11.3. The summed E-state index contributed by atoms with van der Waals surface area (Å²) in [6.07, 6.45) is 3.39. The maximum Gasteiger partial charge on any atom is 0.738 e. The van der Waals surface area contributed by atoms with E-state index in [0.29, 0.717) is 20.6 Å². The largest absolute Gasteiger partial charge is 0.738 e. The molecule has 2 aliphatic rings. The van der Waals surface area contributed by atoms with Gasteiger partial charge in [0.25, 0.3) is 0 Å². The van der Waals surface area contributed by atoms with Gasteiger partial charge in [0.1, 0.15) is 0 Å². The molecule has 122 valence electrons. The first-order valence-corrected chi connectivity index (χ1v) is 10.4. The van der Waals surface area contributed by atoms with Crippen molar-refractivity contribution in [3.8, 4) is 0 Å². The van der Waals surface area contributed by atoms with Crippen LogP contribution in [0.25, 0.3) is 5.57 Å².